The highest BCUT2D eigenvalue weighted by molar-refractivity contribution is 14.0. The molecule has 0 amide bonds. The number of hydrogen-bond donors (Lipinski definition) is 2. The number of nitrogens with one attached hydrogen (secondary N) is 1. The van der Waals surface area contributed by atoms with Gasteiger partial charge in [-0.1, -0.05) is 18.2 Å². The van der Waals surface area contributed by atoms with Crippen molar-refractivity contribution in [3.8, 4) is 5.75 Å². The highest BCUT2D eigenvalue weighted by Gasteiger charge is 2.13. The Bertz CT molecular complexity index is 759. The average Bonchev–Trinajstić information content (AvgIpc) is 2.60. The van der Waals surface area contributed by atoms with E-state index in [0.29, 0.717) is 12.5 Å². The third kappa shape index (κ3) is 5.11. The first-order chi connectivity index (χ1) is 11.7. The molecule has 0 saturated carbocycles. The molecule has 0 fully saturated rings. The summed E-state index contributed by atoms with van der Waals surface area (Å²) >= 11 is 0. The fourth-order valence-electron chi connectivity index (χ4n) is 3.29. The number of hydrogen-bond acceptors (Lipinski definition) is 2. The van der Waals surface area contributed by atoms with Gasteiger partial charge in [0.15, 0.2) is 5.96 Å². The number of halogens is 1. The van der Waals surface area contributed by atoms with Gasteiger partial charge in [0.05, 0.1) is 13.7 Å². The molecular weight excluding hydrogens is 425 g/mol. The van der Waals surface area contributed by atoms with Crippen molar-refractivity contribution in [2.45, 2.75) is 39.2 Å². The number of anilines is 1. The van der Waals surface area contributed by atoms with Crippen molar-refractivity contribution in [1.29, 1.82) is 0 Å². The first kappa shape index (κ1) is 19.6. The third-order valence-electron chi connectivity index (χ3n) is 4.44. The van der Waals surface area contributed by atoms with E-state index in [0.717, 1.165) is 35.4 Å². The zero-order valence-corrected chi connectivity index (χ0v) is 17.2. The maximum Gasteiger partial charge on any atom is 0.193 e. The summed E-state index contributed by atoms with van der Waals surface area (Å²) in [4.78, 5) is 4.48. The van der Waals surface area contributed by atoms with E-state index in [1.54, 1.807) is 7.11 Å². The molecule has 4 nitrogen and oxygen atoms in total. The Kier molecular flexibility index (Phi) is 7.11. The second-order valence-corrected chi connectivity index (χ2v) is 6.34. The second kappa shape index (κ2) is 9.08. The lowest BCUT2D eigenvalue weighted by Gasteiger charge is -2.19. The van der Waals surface area contributed by atoms with Gasteiger partial charge in [-0.25, -0.2) is 4.99 Å². The summed E-state index contributed by atoms with van der Waals surface area (Å²) in [7, 11) is 1.68. The van der Waals surface area contributed by atoms with Crippen LogP contribution in [0.1, 0.15) is 35.1 Å². The molecular formula is C20H26IN3O. The monoisotopic (exact) mass is 451 g/mol. The number of fused-ring (bicyclic) bond motifs is 1. The summed E-state index contributed by atoms with van der Waals surface area (Å²) < 4.78 is 5.31. The number of aryl methyl sites for hydroxylation is 2. The Hall–Kier alpha value is -1.76. The van der Waals surface area contributed by atoms with Crippen LogP contribution in [0.2, 0.25) is 0 Å². The molecule has 0 spiro atoms. The molecule has 0 bridgehead atoms. The predicted octanol–water partition coefficient (Wildman–Crippen LogP) is 4.43. The van der Waals surface area contributed by atoms with Crippen molar-refractivity contribution in [3.05, 3.63) is 58.7 Å². The molecule has 0 heterocycles. The zero-order valence-electron chi connectivity index (χ0n) is 14.8. The van der Waals surface area contributed by atoms with Gasteiger partial charge in [0.1, 0.15) is 5.75 Å². The Balaban J connectivity index is 0.00000225. The van der Waals surface area contributed by atoms with Gasteiger partial charge in [-0.05, 0) is 73.1 Å². The Morgan fingerprint density at radius 3 is 2.80 bits per heavy atom. The SMILES string of the molecule is COc1cc(C)cc(CN=C(N)Nc2cccc3c2CCCC3)c1.I. The van der Waals surface area contributed by atoms with Crippen molar-refractivity contribution in [2.24, 2.45) is 10.7 Å². The largest absolute Gasteiger partial charge is 0.497 e. The lowest BCUT2D eigenvalue weighted by atomic mass is 9.90. The number of rotatable bonds is 4. The Morgan fingerprint density at radius 2 is 2.00 bits per heavy atom. The second-order valence-electron chi connectivity index (χ2n) is 6.34. The van der Waals surface area contributed by atoms with Crippen LogP contribution < -0.4 is 15.8 Å². The summed E-state index contributed by atoms with van der Waals surface area (Å²) in [6.07, 6.45) is 4.78. The van der Waals surface area contributed by atoms with Gasteiger partial charge in [-0.3, -0.25) is 0 Å². The number of nitrogens with two attached hydrogens (primary N) is 1. The highest BCUT2D eigenvalue weighted by atomic mass is 127. The molecule has 134 valence electrons. The minimum Gasteiger partial charge on any atom is -0.497 e. The van der Waals surface area contributed by atoms with Crippen LogP contribution in [0, 0.1) is 6.92 Å². The third-order valence-corrected chi connectivity index (χ3v) is 4.44. The topological polar surface area (TPSA) is 59.6 Å². The van der Waals surface area contributed by atoms with Crippen molar-refractivity contribution in [2.75, 3.05) is 12.4 Å². The molecule has 0 unspecified atom stereocenters. The van der Waals surface area contributed by atoms with E-state index in [-0.39, 0.29) is 24.0 Å². The summed E-state index contributed by atoms with van der Waals surface area (Å²) in [6, 6.07) is 12.5. The minimum atomic E-state index is 0. The zero-order chi connectivity index (χ0) is 16.9. The summed E-state index contributed by atoms with van der Waals surface area (Å²) in [5.74, 6) is 1.30. The normalized spacial score (nSPS) is 13.6. The number of nitrogens with zero attached hydrogens (tertiary/aromatic N) is 1. The van der Waals surface area contributed by atoms with Crippen molar-refractivity contribution in [3.63, 3.8) is 0 Å². The first-order valence-electron chi connectivity index (χ1n) is 8.48. The smallest absolute Gasteiger partial charge is 0.193 e. The molecule has 2 aromatic carbocycles. The molecule has 0 atom stereocenters. The van der Waals surface area contributed by atoms with Crippen LogP contribution in [-0.2, 0) is 19.4 Å². The van der Waals surface area contributed by atoms with Crippen LogP contribution in [0.25, 0.3) is 0 Å². The maximum atomic E-state index is 6.10. The highest BCUT2D eigenvalue weighted by Crippen LogP contribution is 2.27. The number of ether oxygens (including phenoxy) is 1. The average molecular weight is 451 g/mol. The fourth-order valence-corrected chi connectivity index (χ4v) is 3.29. The molecule has 2 aromatic rings. The van der Waals surface area contributed by atoms with Crippen LogP contribution >= 0.6 is 24.0 Å². The number of aliphatic imine (C=N–C) groups is 1. The molecule has 25 heavy (non-hydrogen) atoms. The molecule has 5 heteroatoms. The molecule has 1 aliphatic rings. The molecule has 3 rings (SSSR count). The molecule has 0 aliphatic heterocycles. The summed E-state index contributed by atoms with van der Waals surface area (Å²) in [5.41, 5.74) is 12.3. The van der Waals surface area contributed by atoms with E-state index < -0.39 is 0 Å². The van der Waals surface area contributed by atoms with Gasteiger partial charge < -0.3 is 15.8 Å². The van der Waals surface area contributed by atoms with E-state index in [2.05, 4.69) is 34.6 Å². The Morgan fingerprint density at radius 1 is 1.20 bits per heavy atom. The van der Waals surface area contributed by atoms with Gasteiger partial charge >= 0.3 is 0 Å². The van der Waals surface area contributed by atoms with Gasteiger partial charge in [0, 0.05) is 5.69 Å². The van der Waals surface area contributed by atoms with E-state index in [1.165, 1.54) is 24.0 Å². The Labute approximate surface area is 166 Å². The standard InChI is InChI=1S/C20H25N3O.HI/c1-14-10-15(12-17(11-14)24-2)13-22-20(21)23-19-9-5-7-16-6-3-4-8-18(16)19;/h5,7,9-12H,3-4,6,8,13H2,1-2H3,(H3,21,22,23);1H. The lowest BCUT2D eigenvalue weighted by molar-refractivity contribution is 0.414. The van der Waals surface area contributed by atoms with Gasteiger partial charge in [0.2, 0.25) is 0 Å². The maximum absolute atomic E-state index is 6.10. The molecule has 0 radical (unpaired) electrons. The van der Waals surface area contributed by atoms with Crippen LogP contribution in [0.4, 0.5) is 5.69 Å². The minimum absolute atomic E-state index is 0. The fraction of sp³-hybridized carbons (Fsp3) is 0.350. The van der Waals surface area contributed by atoms with Crippen molar-refractivity contribution < 1.29 is 4.74 Å². The number of methoxy groups -OCH3 is 1. The first-order valence-corrected chi connectivity index (χ1v) is 8.48. The van der Waals surface area contributed by atoms with E-state index in [1.807, 2.05) is 19.1 Å². The van der Waals surface area contributed by atoms with Crippen LogP contribution in [0.5, 0.6) is 5.75 Å². The van der Waals surface area contributed by atoms with E-state index in [4.69, 9.17) is 10.5 Å². The molecule has 0 saturated heterocycles. The molecule has 0 aromatic heterocycles. The van der Waals surface area contributed by atoms with Gasteiger partial charge in [-0.15, -0.1) is 24.0 Å². The number of guanidine groups is 1. The summed E-state index contributed by atoms with van der Waals surface area (Å²) in [6.45, 7) is 2.58. The van der Waals surface area contributed by atoms with Crippen molar-refractivity contribution >= 4 is 35.6 Å². The van der Waals surface area contributed by atoms with Crippen LogP contribution in [-0.4, -0.2) is 13.1 Å². The quantitative estimate of drug-likeness (QED) is 0.411. The van der Waals surface area contributed by atoms with Crippen LogP contribution in [0.15, 0.2) is 41.4 Å². The van der Waals surface area contributed by atoms with Crippen molar-refractivity contribution in [1.82, 2.24) is 0 Å². The van der Waals surface area contributed by atoms with Gasteiger partial charge in [0.25, 0.3) is 0 Å². The van der Waals surface area contributed by atoms with Crippen LogP contribution in [0.3, 0.4) is 0 Å². The lowest BCUT2D eigenvalue weighted by Crippen LogP contribution is -2.24. The molecule has 3 N–H and O–H groups in total. The summed E-state index contributed by atoms with van der Waals surface area (Å²) in [5, 5.41) is 3.28. The molecule has 1 aliphatic carbocycles. The van der Waals surface area contributed by atoms with E-state index >= 15 is 0 Å². The van der Waals surface area contributed by atoms with E-state index in [9.17, 15) is 0 Å². The number of benzene rings is 2. The predicted molar refractivity (Wildman–Crippen MR) is 115 cm³/mol. The van der Waals surface area contributed by atoms with Gasteiger partial charge in [-0.2, -0.15) is 0 Å².